The fourth-order valence-electron chi connectivity index (χ4n) is 1.34. The maximum atomic E-state index is 9.61. The van der Waals surface area contributed by atoms with Gasteiger partial charge in [0.25, 0.3) is 0 Å². The minimum Gasteiger partial charge on any atom is -0.464 e. The molecule has 2 nitrogen and oxygen atoms in total. The summed E-state index contributed by atoms with van der Waals surface area (Å²) in [7, 11) is 0. The highest BCUT2D eigenvalue weighted by molar-refractivity contribution is 9.09. The Bertz CT molecular complexity index is 408. The van der Waals surface area contributed by atoms with Crippen molar-refractivity contribution in [1.29, 1.82) is 0 Å². The molecule has 0 saturated carbocycles. The van der Waals surface area contributed by atoms with Gasteiger partial charge < -0.3 is 9.52 Å². The molecule has 1 aromatic carbocycles. The molecular weight excluding hydrogens is 232 g/mol. The second-order valence-corrected chi connectivity index (χ2v) is 3.50. The minimum absolute atomic E-state index is 0.497. The molecule has 13 heavy (non-hydrogen) atoms. The van der Waals surface area contributed by atoms with Gasteiger partial charge in [-0.05, 0) is 6.07 Å². The van der Waals surface area contributed by atoms with Crippen molar-refractivity contribution >= 4 is 26.9 Å². The largest absolute Gasteiger partial charge is 0.464 e. The maximum Gasteiger partial charge on any atom is 0.134 e. The van der Waals surface area contributed by atoms with Crippen LogP contribution in [0.5, 0.6) is 0 Å². The summed E-state index contributed by atoms with van der Waals surface area (Å²) in [5.41, 5.74) is 1.66. The van der Waals surface area contributed by atoms with E-state index >= 15 is 0 Å². The molecule has 0 aliphatic carbocycles. The van der Waals surface area contributed by atoms with E-state index in [1.54, 1.807) is 6.26 Å². The zero-order valence-electron chi connectivity index (χ0n) is 6.90. The van der Waals surface area contributed by atoms with Crippen molar-refractivity contribution in [3.05, 3.63) is 36.1 Å². The van der Waals surface area contributed by atoms with Crippen molar-refractivity contribution in [1.82, 2.24) is 0 Å². The molecule has 0 saturated heterocycles. The van der Waals surface area contributed by atoms with Crippen LogP contribution in [0.3, 0.4) is 0 Å². The van der Waals surface area contributed by atoms with E-state index in [0.717, 1.165) is 16.5 Å². The second kappa shape index (κ2) is 3.52. The predicted octanol–water partition coefficient (Wildman–Crippen LogP) is 2.86. The van der Waals surface area contributed by atoms with Crippen LogP contribution in [0.4, 0.5) is 0 Å². The van der Waals surface area contributed by atoms with Crippen molar-refractivity contribution in [3.8, 4) is 0 Å². The molecule has 0 aliphatic rings. The number of hydrogen-bond acceptors (Lipinski definition) is 2. The maximum absolute atomic E-state index is 9.61. The summed E-state index contributed by atoms with van der Waals surface area (Å²) in [6, 6.07) is 7.68. The number of benzene rings is 1. The van der Waals surface area contributed by atoms with Crippen LogP contribution in [0.1, 0.15) is 11.7 Å². The first kappa shape index (κ1) is 8.78. The van der Waals surface area contributed by atoms with Crippen LogP contribution in [0, 0.1) is 0 Å². The number of aliphatic hydroxyl groups is 1. The lowest BCUT2D eigenvalue weighted by Crippen LogP contribution is -1.95. The SMILES string of the molecule is OC(CBr)c1coc2ccccc12. The van der Waals surface area contributed by atoms with E-state index in [1.165, 1.54) is 0 Å². The minimum atomic E-state index is -0.497. The summed E-state index contributed by atoms with van der Waals surface area (Å²) in [5, 5.41) is 11.1. The first-order valence-electron chi connectivity index (χ1n) is 4.03. The topological polar surface area (TPSA) is 33.4 Å². The zero-order chi connectivity index (χ0) is 9.26. The third-order valence-electron chi connectivity index (χ3n) is 2.02. The highest BCUT2D eigenvalue weighted by Gasteiger charge is 2.12. The van der Waals surface area contributed by atoms with Gasteiger partial charge in [-0.25, -0.2) is 0 Å². The van der Waals surface area contributed by atoms with E-state index < -0.39 is 6.10 Å². The fraction of sp³-hybridized carbons (Fsp3) is 0.200. The van der Waals surface area contributed by atoms with Gasteiger partial charge in [0.1, 0.15) is 5.58 Å². The van der Waals surface area contributed by atoms with Gasteiger partial charge >= 0.3 is 0 Å². The van der Waals surface area contributed by atoms with Crippen molar-refractivity contribution in [3.63, 3.8) is 0 Å². The number of alkyl halides is 1. The van der Waals surface area contributed by atoms with Gasteiger partial charge in [0.2, 0.25) is 0 Å². The summed E-state index contributed by atoms with van der Waals surface area (Å²) in [6.07, 6.45) is 1.11. The Balaban J connectivity index is 2.57. The third-order valence-corrected chi connectivity index (χ3v) is 2.63. The number of aliphatic hydroxyl groups excluding tert-OH is 1. The van der Waals surface area contributed by atoms with E-state index in [1.807, 2.05) is 24.3 Å². The van der Waals surface area contributed by atoms with E-state index in [-0.39, 0.29) is 0 Å². The number of halogens is 1. The Morgan fingerprint density at radius 2 is 2.15 bits per heavy atom. The Kier molecular flexibility index (Phi) is 2.38. The molecule has 3 heteroatoms. The monoisotopic (exact) mass is 240 g/mol. The Morgan fingerprint density at radius 1 is 1.38 bits per heavy atom. The van der Waals surface area contributed by atoms with E-state index in [2.05, 4.69) is 15.9 Å². The van der Waals surface area contributed by atoms with E-state index in [0.29, 0.717) is 5.33 Å². The van der Waals surface area contributed by atoms with Crippen molar-refractivity contribution in [2.75, 3.05) is 5.33 Å². The van der Waals surface area contributed by atoms with Gasteiger partial charge in [0.15, 0.2) is 0 Å². The van der Waals surface area contributed by atoms with Crippen LogP contribution in [0.2, 0.25) is 0 Å². The van der Waals surface area contributed by atoms with Crippen molar-refractivity contribution < 1.29 is 9.52 Å². The summed E-state index contributed by atoms with van der Waals surface area (Å²) in [4.78, 5) is 0. The average Bonchev–Trinajstić information content (AvgIpc) is 2.60. The molecule has 0 aliphatic heterocycles. The average molecular weight is 241 g/mol. The molecular formula is C10H9BrO2. The van der Waals surface area contributed by atoms with Gasteiger partial charge in [0, 0.05) is 16.3 Å². The Morgan fingerprint density at radius 3 is 2.92 bits per heavy atom. The molecule has 2 aromatic rings. The molecule has 1 atom stereocenters. The van der Waals surface area contributed by atoms with Crippen LogP contribution < -0.4 is 0 Å². The molecule has 0 bridgehead atoms. The van der Waals surface area contributed by atoms with E-state index in [9.17, 15) is 5.11 Å². The summed E-state index contributed by atoms with van der Waals surface area (Å²) < 4.78 is 5.29. The molecule has 0 spiro atoms. The third kappa shape index (κ3) is 1.49. The first-order valence-corrected chi connectivity index (χ1v) is 5.15. The molecule has 1 unspecified atom stereocenters. The fourth-order valence-corrected chi connectivity index (χ4v) is 1.69. The van der Waals surface area contributed by atoms with Gasteiger partial charge in [-0.2, -0.15) is 0 Å². The molecule has 1 aromatic heterocycles. The predicted molar refractivity (Wildman–Crippen MR) is 55.0 cm³/mol. The highest BCUT2D eigenvalue weighted by atomic mass is 79.9. The number of furan rings is 1. The molecule has 1 heterocycles. The summed E-state index contributed by atoms with van der Waals surface area (Å²) in [5.74, 6) is 0. The standard InChI is InChI=1S/C10H9BrO2/c11-5-9(12)8-6-13-10-4-2-1-3-7(8)10/h1-4,6,9,12H,5H2. The molecule has 0 fully saturated rings. The van der Waals surface area contributed by atoms with Gasteiger partial charge in [-0.3, -0.25) is 0 Å². The van der Waals surface area contributed by atoms with Crippen LogP contribution in [0.15, 0.2) is 34.9 Å². The summed E-state index contributed by atoms with van der Waals surface area (Å²) >= 11 is 3.23. The molecule has 0 radical (unpaired) electrons. The molecule has 1 N–H and O–H groups in total. The molecule has 2 rings (SSSR count). The van der Waals surface area contributed by atoms with Crippen LogP contribution >= 0.6 is 15.9 Å². The van der Waals surface area contributed by atoms with Crippen LogP contribution in [-0.4, -0.2) is 10.4 Å². The van der Waals surface area contributed by atoms with Crippen LogP contribution in [0.25, 0.3) is 11.0 Å². The lowest BCUT2D eigenvalue weighted by molar-refractivity contribution is 0.205. The number of rotatable bonds is 2. The summed E-state index contributed by atoms with van der Waals surface area (Å²) in [6.45, 7) is 0. The van der Waals surface area contributed by atoms with Crippen molar-refractivity contribution in [2.45, 2.75) is 6.10 Å². The lowest BCUT2D eigenvalue weighted by atomic mass is 10.1. The number of fused-ring (bicyclic) bond motifs is 1. The van der Waals surface area contributed by atoms with E-state index in [4.69, 9.17) is 4.42 Å². The van der Waals surface area contributed by atoms with Crippen molar-refractivity contribution in [2.24, 2.45) is 0 Å². The smallest absolute Gasteiger partial charge is 0.134 e. The zero-order valence-corrected chi connectivity index (χ0v) is 8.49. The first-order chi connectivity index (χ1) is 6.33. The Labute approximate surface area is 84.3 Å². The Hall–Kier alpha value is -0.800. The molecule has 68 valence electrons. The lowest BCUT2D eigenvalue weighted by Gasteiger charge is -2.02. The van der Waals surface area contributed by atoms with Gasteiger partial charge in [0.05, 0.1) is 12.4 Å². The quantitative estimate of drug-likeness (QED) is 0.820. The van der Waals surface area contributed by atoms with Crippen LogP contribution in [-0.2, 0) is 0 Å². The second-order valence-electron chi connectivity index (χ2n) is 2.86. The van der Waals surface area contributed by atoms with Gasteiger partial charge in [-0.15, -0.1) is 0 Å². The highest BCUT2D eigenvalue weighted by Crippen LogP contribution is 2.26. The number of hydrogen-bond donors (Lipinski definition) is 1. The molecule has 0 amide bonds. The normalized spacial score (nSPS) is 13.4. The van der Waals surface area contributed by atoms with Gasteiger partial charge in [-0.1, -0.05) is 34.1 Å². The number of para-hydroxylation sites is 1.